The molecule has 11 rings (SSSR count). The maximum atomic E-state index is 5.24. The van der Waals surface area contributed by atoms with Gasteiger partial charge in [-0.3, -0.25) is 4.57 Å². The number of imidazole rings is 1. The molecule has 2 aromatic heterocycles. The van der Waals surface area contributed by atoms with Gasteiger partial charge in [-0.15, -0.1) is 0 Å². The molecule has 11 aromatic rings. The van der Waals surface area contributed by atoms with Crippen molar-refractivity contribution < 1.29 is 0 Å². The fourth-order valence-electron chi connectivity index (χ4n) is 8.28. The Morgan fingerprint density at radius 3 is 1.66 bits per heavy atom. The maximum Gasteiger partial charge on any atom is 0.145 e. The van der Waals surface area contributed by atoms with E-state index in [4.69, 9.17) is 4.98 Å². The lowest BCUT2D eigenvalue weighted by atomic mass is 9.94. The highest BCUT2D eigenvalue weighted by Gasteiger charge is 2.20. The summed E-state index contributed by atoms with van der Waals surface area (Å²) in [7, 11) is 0. The molecule has 0 saturated heterocycles. The Labute approximate surface area is 287 Å². The molecule has 0 aliphatic carbocycles. The van der Waals surface area contributed by atoms with E-state index in [0.717, 1.165) is 33.8 Å². The van der Waals surface area contributed by atoms with Crippen molar-refractivity contribution in [2.24, 2.45) is 0 Å². The number of rotatable bonds is 3. The molecule has 0 spiro atoms. The van der Waals surface area contributed by atoms with E-state index in [-0.39, 0.29) is 0 Å². The first-order valence-electron chi connectivity index (χ1n) is 17.1. The SMILES string of the molecule is c1ccc(-c2nc3ccc4cc5c(cc4c3n2-c2ccccc2)c2ccccc2n5-c2ccc3c4ccccc4c4ccccc4c3c2)cc1. The lowest BCUT2D eigenvalue weighted by molar-refractivity contribution is 1.11. The number of nitrogens with zero attached hydrogens (tertiary/aromatic N) is 3. The van der Waals surface area contributed by atoms with Crippen LogP contribution in [0.2, 0.25) is 0 Å². The average Bonchev–Trinajstić information content (AvgIpc) is 3.74. The molecule has 2 heterocycles. The molecule has 0 bridgehead atoms. The van der Waals surface area contributed by atoms with Gasteiger partial charge in [0.25, 0.3) is 0 Å². The molecule has 0 aliphatic heterocycles. The van der Waals surface area contributed by atoms with Crippen LogP contribution in [0.15, 0.2) is 176 Å². The molecule has 0 radical (unpaired) electrons. The van der Waals surface area contributed by atoms with Crippen LogP contribution in [0.25, 0.3) is 98.7 Å². The van der Waals surface area contributed by atoms with Gasteiger partial charge in [0, 0.05) is 33.1 Å². The number of hydrogen-bond donors (Lipinski definition) is 0. The Morgan fingerprint density at radius 2 is 0.940 bits per heavy atom. The summed E-state index contributed by atoms with van der Waals surface area (Å²) < 4.78 is 4.78. The van der Waals surface area contributed by atoms with Gasteiger partial charge in [-0.05, 0) is 86.2 Å². The van der Waals surface area contributed by atoms with E-state index in [1.54, 1.807) is 0 Å². The third-order valence-electron chi connectivity index (χ3n) is 10.5. The van der Waals surface area contributed by atoms with E-state index in [0.29, 0.717) is 0 Å². The summed E-state index contributed by atoms with van der Waals surface area (Å²) in [6, 6.07) is 63.7. The zero-order valence-electron chi connectivity index (χ0n) is 27.1. The Hall–Kier alpha value is -6.71. The summed E-state index contributed by atoms with van der Waals surface area (Å²) in [5.74, 6) is 0.942. The first-order chi connectivity index (χ1) is 24.8. The smallest absolute Gasteiger partial charge is 0.145 e. The quantitative estimate of drug-likeness (QED) is 0.177. The molecular formula is C47H29N3. The summed E-state index contributed by atoms with van der Waals surface area (Å²) in [6.07, 6.45) is 0. The standard InChI is InChI=1S/C47H29N3/c1-3-13-30(14-4-1)47-48-43-26-23-31-27-45-42(29-40(31)46(43)50(47)32-15-5-2-6-16-32)39-21-11-12-22-44(39)49(45)33-24-25-38-36-19-8-7-17-34(36)35-18-9-10-20-37(35)41(38)28-33/h1-29H. The Bertz CT molecular complexity index is 3100. The minimum Gasteiger partial charge on any atom is -0.309 e. The zero-order chi connectivity index (χ0) is 32.8. The fraction of sp³-hybridized carbons (Fsp3) is 0. The highest BCUT2D eigenvalue weighted by molar-refractivity contribution is 6.26. The van der Waals surface area contributed by atoms with Crippen LogP contribution in [0.3, 0.4) is 0 Å². The van der Waals surface area contributed by atoms with Crippen LogP contribution < -0.4 is 0 Å². The molecule has 0 N–H and O–H groups in total. The first kappa shape index (κ1) is 27.3. The van der Waals surface area contributed by atoms with Gasteiger partial charge in [0.15, 0.2) is 0 Å². The summed E-state index contributed by atoms with van der Waals surface area (Å²) in [5, 5.41) is 12.5. The molecule has 0 unspecified atom stereocenters. The molecule has 0 aliphatic rings. The van der Waals surface area contributed by atoms with E-state index in [1.807, 2.05) is 0 Å². The van der Waals surface area contributed by atoms with Gasteiger partial charge in [-0.25, -0.2) is 4.98 Å². The summed E-state index contributed by atoms with van der Waals surface area (Å²) in [5.41, 5.74) is 7.84. The van der Waals surface area contributed by atoms with E-state index in [1.165, 1.54) is 64.9 Å². The molecule has 3 heteroatoms. The fourth-order valence-corrected chi connectivity index (χ4v) is 8.28. The molecule has 0 saturated carbocycles. The maximum absolute atomic E-state index is 5.24. The van der Waals surface area contributed by atoms with Gasteiger partial charge in [-0.1, -0.05) is 127 Å². The Kier molecular flexibility index (Phi) is 5.67. The Morgan fingerprint density at radius 1 is 0.340 bits per heavy atom. The molecular weight excluding hydrogens is 607 g/mol. The van der Waals surface area contributed by atoms with Crippen molar-refractivity contribution in [1.29, 1.82) is 0 Å². The monoisotopic (exact) mass is 635 g/mol. The van der Waals surface area contributed by atoms with Crippen molar-refractivity contribution >= 4 is 75.9 Å². The highest BCUT2D eigenvalue weighted by Crippen LogP contribution is 2.41. The van der Waals surface area contributed by atoms with Crippen LogP contribution in [-0.2, 0) is 0 Å². The van der Waals surface area contributed by atoms with Crippen molar-refractivity contribution in [1.82, 2.24) is 14.1 Å². The number of para-hydroxylation sites is 2. The lowest BCUT2D eigenvalue weighted by Gasteiger charge is -2.14. The summed E-state index contributed by atoms with van der Waals surface area (Å²) in [6.45, 7) is 0. The van der Waals surface area contributed by atoms with E-state index in [9.17, 15) is 0 Å². The summed E-state index contributed by atoms with van der Waals surface area (Å²) >= 11 is 0. The van der Waals surface area contributed by atoms with Crippen LogP contribution >= 0.6 is 0 Å². The average molecular weight is 636 g/mol. The predicted octanol–water partition coefficient (Wildman–Crippen LogP) is 12.4. The van der Waals surface area contributed by atoms with Crippen molar-refractivity contribution in [3.05, 3.63) is 176 Å². The Balaban J connectivity index is 1.23. The van der Waals surface area contributed by atoms with Gasteiger partial charge in [0.1, 0.15) is 5.82 Å². The van der Waals surface area contributed by atoms with Crippen molar-refractivity contribution in [2.75, 3.05) is 0 Å². The van der Waals surface area contributed by atoms with Crippen LogP contribution in [0, 0.1) is 0 Å². The van der Waals surface area contributed by atoms with Gasteiger partial charge < -0.3 is 4.57 Å². The van der Waals surface area contributed by atoms with Crippen LogP contribution in [0.1, 0.15) is 0 Å². The van der Waals surface area contributed by atoms with Crippen LogP contribution in [-0.4, -0.2) is 14.1 Å². The normalized spacial score (nSPS) is 12.0. The van der Waals surface area contributed by atoms with Crippen LogP contribution in [0.4, 0.5) is 0 Å². The predicted molar refractivity (Wildman–Crippen MR) is 211 cm³/mol. The molecule has 0 fully saturated rings. The van der Waals surface area contributed by atoms with Gasteiger partial charge >= 0.3 is 0 Å². The van der Waals surface area contributed by atoms with Crippen molar-refractivity contribution in [3.8, 4) is 22.8 Å². The van der Waals surface area contributed by atoms with Gasteiger partial charge in [0.05, 0.1) is 22.1 Å². The number of fused-ring (bicyclic) bond motifs is 12. The number of benzene rings is 9. The molecule has 3 nitrogen and oxygen atoms in total. The van der Waals surface area contributed by atoms with E-state index in [2.05, 4.69) is 185 Å². The second-order valence-corrected chi connectivity index (χ2v) is 13.2. The first-order valence-corrected chi connectivity index (χ1v) is 17.1. The minimum absolute atomic E-state index is 0.942. The zero-order valence-corrected chi connectivity index (χ0v) is 27.1. The van der Waals surface area contributed by atoms with E-state index < -0.39 is 0 Å². The van der Waals surface area contributed by atoms with Crippen LogP contribution in [0.5, 0.6) is 0 Å². The third-order valence-corrected chi connectivity index (χ3v) is 10.5. The van der Waals surface area contributed by atoms with Crippen molar-refractivity contribution in [2.45, 2.75) is 0 Å². The molecule has 232 valence electrons. The minimum atomic E-state index is 0.942. The topological polar surface area (TPSA) is 22.8 Å². The van der Waals surface area contributed by atoms with Gasteiger partial charge in [0.2, 0.25) is 0 Å². The molecule has 50 heavy (non-hydrogen) atoms. The van der Waals surface area contributed by atoms with Gasteiger partial charge in [-0.2, -0.15) is 0 Å². The third kappa shape index (κ3) is 3.83. The van der Waals surface area contributed by atoms with E-state index >= 15 is 0 Å². The summed E-state index contributed by atoms with van der Waals surface area (Å²) in [4.78, 5) is 5.24. The molecule has 0 atom stereocenters. The molecule has 0 amide bonds. The van der Waals surface area contributed by atoms with Crippen molar-refractivity contribution in [3.63, 3.8) is 0 Å². The molecule has 9 aromatic carbocycles. The highest BCUT2D eigenvalue weighted by atomic mass is 15.1. The second kappa shape index (κ2) is 10.4. The largest absolute Gasteiger partial charge is 0.309 e. The number of aromatic nitrogens is 3. The number of hydrogen-bond acceptors (Lipinski definition) is 1. The lowest BCUT2D eigenvalue weighted by Crippen LogP contribution is -1.98. The second-order valence-electron chi connectivity index (χ2n) is 13.2.